The van der Waals surface area contributed by atoms with Crippen molar-refractivity contribution < 1.29 is 24.1 Å². The van der Waals surface area contributed by atoms with Crippen molar-refractivity contribution in [2.45, 2.75) is 26.3 Å². The number of hydrogen-bond donors (Lipinski definition) is 2. The summed E-state index contributed by atoms with van der Waals surface area (Å²) < 4.78 is 22.3. The fourth-order valence-corrected chi connectivity index (χ4v) is 4.19. The number of carbonyl (C=O) groups is 1. The van der Waals surface area contributed by atoms with Crippen LogP contribution in [0.4, 0.5) is 4.39 Å². The summed E-state index contributed by atoms with van der Waals surface area (Å²) in [6.45, 7) is 4.43. The fourth-order valence-electron chi connectivity index (χ4n) is 4.00. The number of rotatable bonds is 10. The van der Waals surface area contributed by atoms with Crippen LogP contribution in [0.5, 0.6) is 5.75 Å². The number of benzene rings is 2. The van der Waals surface area contributed by atoms with Gasteiger partial charge < -0.3 is 24.4 Å². The molecule has 0 spiro atoms. The molecule has 0 bridgehead atoms. The number of carboxylic acids is 1. The van der Waals surface area contributed by atoms with E-state index in [0.717, 1.165) is 0 Å². The van der Waals surface area contributed by atoms with Crippen molar-refractivity contribution in [1.82, 2.24) is 9.47 Å². The molecule has 3 aromatic rings. The normalized spacial score (nSPS) is 12.5. The molecule has 0 amide bonds. The lowest BCUT2D eigenvalue weighted by molar-refractivity contribution is 0.0694. The first-order valence-corrected chi connectivity index (χ1v) is 11.7. The molecule has 9 heteroatoms. The number of fused-ring (bicyclic) bond motifs is 1. The van der Waals surface area contributed by atoms with Gasteiger partial charge in [-0.25, -0.2) is 9.18 Å². The molecule has 0 unspecified atom stereocenters. The lowest BCUT2D eigenvalue weighted by Crippen LogP contribution is -2.26. The second-order valence-electron chi connectivity index (χ2n) is 9.11. The van der Waals surface area contributed by atoms with E-state index in [1.807, 2.05) is 32.8 Å². The molecule has 0 fully saturated rings. The van der Waals surface area contributed by atoms with E-state index >= 15 is 0 Å². The summed E-state index contributed by atoms with van der Waals surface area (Å²) in [5.74, 6) is -1.63. The smallest absolute Gasteiger partial charge is 0.341 e. The third-order valence-corrected chi connectivity index (χ3v) is 6.21. The number of halogens is 2. The van der Waals surface area contributed by atoms with Gasteiger partial charge in [-0.2, -0.15) is 0 Å². The third-order valence-electron chi connectivity index (χ3n) is 5.92. The van der Waals surface area contributed by atoms with Gasteiger partial charge in [0.05, 0.1) is 28.6 Å². The van der Waals surface area contributed by atoms with Gasteiger partial charge >= 0.3 is 5.97 Å². The van der Waals surface area contributed by atoms with Crippen molar-refractivity contribution >= 4 is 28.5 Å². The second-order valence-corrected chi connectivity index (χ2v) is 9.52. The number of aromatic carboxylic acids is 1. The van der Waals surface area contributed by atoms with Gasteiger partial charge in [-0.15, -0.1) is 0 Å². The van der Waals surface area contributed by atoms with Crippen molar-refractivity contribution in [3.05, 3.63) is 74.3 Å². The molecule has 0 saturated heterocycles. The summed E-state index contributed by atoms with van der Waals surface area (Å²) in [7, 11) is 3.80. The van der Waals surface area contributed by atoms with Crippen LogP contribution in [-0.2, 0) is 6.42 Å². The summed E-state index contributed by atoms with van der Waals surface area (Å²) in [6, 6.07) is 7.49. The molecule has 0 aliphatic heterocycles. The third kappa shape index (κ3) is 5.83. The van der Waals surface area contributed by atoms with Crippen LogP contribution in [0.25, 0.3) is 10.9 Å². The number of pyridine rings is 1. The fraction of sp³-hybridized carbons (Fsp3) is 0.385. The van der Waals surface area contributed by atoms with Gasteiger partial charge in [-0.05, 0) is 49.3 Å². The van der Waals surface area contributed by atoms with Crippen LogP contribution in [0.1, 0.15) is 41.4 Å². The van der Waals surface area contributed by atoms with Gasteiger partial charge in [0.1, 0.15) is 23.7 Å². The van der Waals surface area contributed by atoms with Gasteiger partial charge in [0, 0.05) is 19.2 Å². The number of likely N-dealkylation sites (N-methyl/N-ethyl adjacent to an activating group) is 1. The molecule has 0 radical (unpaired) electrons. The van der Waals surface area contributed by atoms with Crippen LogP contribution in [0.2, 0.25) is 5.02 Å². The Kier molecular flexibility index (Phi) is 8.53. The predicted molar refractivity (Wildman–Crippen MR) is 134 cm³/mol. The van der Waals surface area contributed by atoms with E-state index in [0.29, 0.717) is 35.5 Å². The molecule has 0 aliphatic rings. The quantitative estimate of drug-likeness (QED) is 0.429. The number of carboxylic acid groups (broad SMARTS) is 1. The average molecular weight is 505 g/mol. The van der Waals surface area contributed by atoms with Gasteiger partial charge in [-0.3, -0.25) is 4.79 Å². The Labute approximate surface area is 208 Å². The minimum Gasteiger partial charge on any atom is -0.490 e. The van der Waals surface area contributed by atoms with Crippen molar-refractivity contribution in [2.75, 3.05) is 33.9 Å². The molecule has 2 aromatic carbocycles. The first kappa shape index (κ1) is 26.7. The predicted octanol–water partition coefficient (Wildman–Crippen LogP) is 4.21. The van der Waals surface area contributed by atoms with Gasteiger partial charge in [-0.1, -0.05) is 37.6 Å². The summed E-state index contributed by atoms with van der Waals surface area (Å²) in [6.07, 6.45) is 1.39. The highest BCUT2D eigenvalue weighted by Gasteiger charge is 2.24. The van der Waals surface area contributed by atoms with Crippen LogP contribution in [0, 0.1) is 11.7 Å². The van der Waals surface area contributed by atoms with Crippen LogP contribution >= 0.6 is 11.6 Å². The lowest BCUT2D eigenvalue weighted by Gasteiger charge is -2.26. The molecule has 0 saturated carbocycles. The topological polar surface area (TPSA) is 92.0 Å². The van der Waals surface area contributed by atoms with Crippen LogP contribution in [0.3, 0.4) is 0 Å². The minimum absolute atomic E-state index is 0.0102. The van der Waals surface area contributed by atoms with Crippen molar-refractivity contribution in [2.24, 2.45) is 5.92 Å². The molecular formula is C26H30ClFN2O5. The Balaban J connectivity index is 2.31. The molecule has 3 rings (SSSR count). The Hall–Kier alpha value is -2.94. The second kappa shape index (κ2) is 11.2. The molecule has 2 N–H and O–H groups in total. The van der Waals surface area contributed by atoms with E-state index in [1.54, 1.807) is 28.8 Å². The van der Waals surface area contributed by atoms with Gasteiger partial charge in [0.2, 0.25) is 5.43 Å². The van der Waals surface area contributed by atoms with Crippen molar-refractivity contribution in [1.29, 1.82) is 0 Å². The molecule has 1 aromatic heterocycles. The highest BCUT2D eigenvalue weighted by Crippen LogP contribution is 2.32. The molecule has 188 valence electrons. The standard InChI is InChI=1S/C26H30ClFN2O5/c1-15(2)21(14-31)30-13-19(26(33)34)25(32)18-11-16(10-17-6-5-7-20(27)23(17)28)12-22(24(18)30)35-9-8-29(3)4/h5-7,11-13,15,21,31H,8-10,14H2,1-4H3,(H,33,34)/t21-/m1/s1. The maximum atomic E-state index is 14.6. The van der Waals surface area contributed by atoms with Crippen LogP contribution in [-0.4, -0.2) is 59.5 Å². The van der Waals surface area contributed by atoms with Crippen molar-refractivity contribution in [3.63, 3.8) is 0 Å². The Morgan fingerprint density at radius 1 is 1.26 bits per heavy atom. The maximum absolute atomic E-state index is 14.6. The number of hydrogen-bond acceptors (Lipinski definition) is 5. The van der Waals surface area contributed by atoms with E-state index in [4.69, 9.17) is 16.3 Å². The van der Waals surface area contributed by atoms with E-state index in [9.17, 15) is 24.2 Å². The lowest BCUT2D eigenvalue weighted by atomic mass is 9.98. The summed E-state index contributed by atoms with van der Waals surface area (Å²) in [5.41, 5.74) is 0.204. The monoisotopic (exact) mass is 504 g/mol. The number of aliphatic hydroxyl groups excluding tert-OH is 1. The zero-order valence-electron chi connectivity index (χ0n) is 20.2. The molecule has 0 aliphatic carbocycles. The molecule has 1 heterocycles. The number of aliphatic hydroxyl groups is 1. The zero-order valence-corrected chi connectivity index (χ0v) is 21.0. The van der Waals surface area contributed by atoms with Gasteiger partial charge in [0.25, 0.3) is 0 Å². The number of nitrogens with zero attached hydrogens (tertiary/aromatic N) is 2. The largest absolute Gasteiger partial charge is 0.490 e. The summed E-state index contributed by atoms with van der Waals surface area (Å²) >= 11 is 5.94. The van der Waals surface area contributed by atoms with E-state index in [1.165, 1.54) is 12.3 Å². The first-order valence-electron chi connectivity index (χ1n) is 11.3. The van der Waals surface area contributed by atoms with E-state index in [2.05, 4.69) is 0 Å². The number of ether oxygens (including phenoxy) is 1. The summed E-state index contributed by atoms with van der Waals surface area (Å²) in [5, 5.41) is 19.9. The zero-order chi connectivity index (χ0) is 25.9. The summed E-state index contributed by atoms with van der Waals surface area (Å²) in [4.78, 5) is 27.1. The Morgan fingerprint density at radius 3 is 2.57 bits per heavy atom. The number of aromatic nitrogens is 1. The average Bonchev–Trinajstić information content (AvgIpc) is 2.78. The first-order chi connectivity index (χ1) is 16.5. The highest BCUT2D eigenvalue weighted by atomic mass is 35.5. The van der Waals surface area contributed by atoms with Crippen LogP contribution < -0.4 is 10.2 Å². The van der Waals surface area contributed by atoms with Crippen LogP contribution in [0.15, 0.2) is 41.3 Å². The molecule has 7 nitrogen and oxygen atoms in total. The van der Waals surface area contributed by atoms with Crippen molar-refractivity contribution in [3.8, 4) is 5.75 Å². The van der Waals surface area contributed by atoms with E-state index in [-0.39, 0.29) is 29.4 Å². The Bertz CT molecular complexity index is 1290. The van der Waals surface area contributed by atoms with Gasteiger partial charge in [0.15, 0.2) is 0 Å². The minimum atomic E-state index is -1.37. The highest BCUT2D eigenvalue weighted by molar-refractivity contribution is 6.30. The SMILES string of the molecule is CC(C)[C@@H](CO)n1cc(C(=O)O)c(=O)c2cc(Cc3cccc(Cl)c3F)cc(OCCN(C)C)c21. The molecule has 35 heavy (non-hydrogen) atoms. The molecule has 1 atom stereocenters. The molecular weight excluding hydrogens is 475 g/mol. The maximum Gasteiger partial charge on any atom is 0.341 e. The Morgan fingerprint density at radius 2 is 1.97 bits per heavy atom. The van der Waals surface area contributed by atoms with E-state index < -0.39 is 28.8 Å².